The zero-order valence-electron chi connectivity index (χ0n) is 23.2. The van der Waals surface area contributed by atoms with Gasteiger partial charge in [0.1, 0.15) is 24.0 Å². The number of carboxylic acid groups (broad SMARTS) is 2. The number of ketones is 1. The minimum absolute atomic E-state index is 0.0515. The number of amides is 1. The van der Waals surface area contributed by atoms with Gasteiger partial charge in [-0.05, 0) is 30.3 Å². The van der Waals surface area contributed by atoms with E-state index in [2.05, 4.69) is 5.32 Å². The Morgan fingerprint density at radius 1 is 0.804 bits per heavy atom. The first kappa shape index (κ1) is 38.1. The Bertz CT molecular complexity index is 1520. The molecular weight excluding hydrogens is 636 g/mol. The van der Waals surface area contributed by atoms with Gasteiger partial charge in [-0.1, -0.05) is 24.3 Å². The highest BCUT2D eigenvalue weighted by Gasteiger charge is 2.38. The van der Waals surface area contributed by atoms with E-state index >= 15 is 0 Å². The highest BCUT2D eigenvalue weighted by atomic mass is 19.4. The van der Waals surface area contributed by atoms with Crippen LogP contribution in [0, 0.1) is 10.8 Å². The molecule has 0 radical (unpaired) electrons. The summed E-state index contributed by atoms with van der Waals surface area (Å²) < 4.78 is 74.4. The van der Waals surface area contributed by atoms with Crippen LogP contribution in [-0.4, -0.2) is 71.0 Å². The summed E-state index contributed by atoms with van der Waals surface area (Å²) in [6.07, 6.45) is -8.68. The van der Waals surface area contributed by atoms with Crippen molar-refractivity contribution in [2.75, 3.05) is 13.2 Å². The molecule has 3 aromatic rings. The Hall–Kier alpha value is -5.88. The monoisotopic (exact) mass is 661 g/mol. The molecule has 9 N–H and O–H groups in total. The van der Waals surface area contributed by atoms with Gasteiger partial charge in [0.15, 0.2) is 5.76 Å². The third-order valence-electron chi connectivity index (χ3n) is 5.11. The van der Waals surface area contributed by atoms with Crippen molar-refractivity contribution in [2.24, 2.45) is 11.5 Å². The van der Waals surface area contributed by atoms with Crippen LogP contribution in [0.4, 0.5) is 26.3 Å². The van der Waals surface area contributed by atoms with Gasteiger partial charge in [-0.2, -0.15) is 26.3 Å². The van der Waals surface area contributed by atoms with Gasteiger partial charge < -0.3 is 36.2 Å². The third-order valence-corrected chi connectivity index (χ3v) is 5.11. The number of aliphatic carboxylic acids is 2. The first-order valence-electron chi connectivity index (χ1n) is 12.2. The molecule has 3 rings (SSSR count). The molecule has 13 nitrogen and oxygen atoms in total. The van der Waals surface area contributed by atoms with Crippen molar-refractivity contribution in [1.82, 2.24) is 5.32 Å². The largest absolute Gasteiger partial charge is 0.491 e. The number of carbonyl (C=O) groups is 4. The molecule has 0 spiro atoms. The normalized spacial score (nSPS) is 10.7. The highest BCUT2D eigenvalue weighted by molar-refractivity contribution is 5.98. The fourth-order valence-corrected chi connectivity index (χ4v) is 2.93. The number of nitrogen functional groups attached to an aromatic ring is 2. The van der Waals surface area contributed by atoms with Crippen molar-refractivity contribution in [3.8, 4) is 5.75 Å². The number of Topliss-reactive ketones (excluding diaryl/α,β-unsaturated/α-hetero) is 1. The van der Waals surface area contributed by atoms with Crippen molar-refractivity contribution >= 4 is 35.3 Å². The average molecular weight is 662 g/mol. The van der Waals surface area contributed by atoms with E-state index in [0.717, 1.165) is 0 Å². The molecule has 0 aliphatic heterocycles. The fraction of sp³-hybridized carbons (Fsp3) is 0.185. The van der Waals surface area contributed by atoms with Crippen LogP contribution in [0.1, 0.15) is 37.6 Å². The lowest BCUT2D eigenvalue weighted by atomic mass is 10.0. The highest BCUT2D eigenvalue weighted by Crippen LogP contribution is 2.23. The predicted octanol–water partition coefficient (Wildman–Crippen LogP) is 3.35. The lowest BCUT2D eigenvalue weighted by Crippen LogP contribution is -2.28. The summed E-state index contributed by atoms with van der Waals surface area (Å²) in [6.45, 7) is 0.351. The maximum Gasteiger partial charge on any atom is 0.490 e. The zero-order valence-corrected chi connectivity index (χ0v) is 23.2. The first-order valence-corrected chi connectivity index (χ1v) is 12.2. The Morgan fingerprint density at radius 3 is 1.72 bits per heavy atom. The minimum Gasteiger partial charge on any atom is -0.491 e. The Labute approximate surface area is 254 Å². The predicted molar refractivity (Wildman–Crippen MR) is 147 cm³/mol. The topological polar surface area (TPSA) is 243 Å². The number of nitrogens with one attached hydrogen (secondary N) is 3. The number of nitrogens with two attached hydrogens (primary N) is 2. The molecule has 1 heterocycles. The van der Waals surface area contributed by atoms with Gasteiger partial charge in [0.25, 0.3) is 5.91 Å². The van der Waals surface area contributed by atoms with Crippen molar-refractivity contribution in [3.63, 3.8) is 0 Å². The summed E-state index contributed by atoms with van der Waals surface area (Å²) in [7, 11) is 0. The molecule has 0 aliphatic rings. The molecular formula is C27H25F6N5O8. The number of amidine groups is 2. The number of carboxylic acids is 2. The molecule has 0 unspecified atom stereocenters. The number of benzene rings is 2. The van der Waals surface area contributed by atoms with Crippen molar-refractivity contribution in [1.29, 1.82) is 10.8 Å². The second-order valence-corrected chi connectivity index (χ2v) is 8.51. The molecule has 0 atom stereocenters. The second-order valence-electron chi connectivity index (χ2n) is 8.51. The van der Waals surface area contributed by atoms with Gasteiger partial charge in [0, 0.05) is 28.7 Å². The molecule has 248 valence electrons. The number of furan rings is 1. The van der Waals surface area contributed by atoms with Crippen LogP contribution in [0.3, 0.4) is 0 Å². The number of carbonyl (C=O) groups excluding carboxylic acids is 2. The SMILES string of the molecule is N=C(N)c1ccc(C(=O)NCCOc2cc(C(=N)N)ccc2CC(=O)c2ccco2)cc1.O=C(O)C(F)(F)F.O=C(O)C(F)(F)F. The second kappa shape index (κ2) is 16.8. The fourth-order valence-electron chi connectivity index (χ4n) is 2.93. The molecule has 0 fully saturated rings. The van der Waals surface area contributed by atoms with Crippen molar-refractivity contribution in [3.05, 3.63) is 88.9 Å². The standard InChI is InChI=1S/C23H23N5O4.2C2HF3O2/c24-21(25)14-3-5-15(6-4-14)23(30)28-9-11-32-20-13-17(22(26)27)8-7-16(20)12-18(29)19-2-1-10-31-19;2*3-2(4,5)1(6)7/h1-8,10,13H,9,11-12H2,(H3,24,25)(H3,26,27)(H,28,30);2*(H,6,7). The number of rotatable bonds is 10. The van der Waals surface area contributed by atoms with Crippen molar-refractivity contribution in [2.45, 2.75) is 18.8 Å². The summed E-state index contributed by atoms with van der Waals surface area (Å²) in [5.41, 5.74) is 13.0. The van der Waals surface area contributed by atoms with Gasteiger partial charge in [0.2, 0.25) is 5.78 Å². The molecule has 19 heteroatoms. The quantitative estimate of drug-likeness (QED) is 0.0549. The van der Waals surface area contributed by atoms with Crippen LogP contribution in [0.5, 0.6) is 5.75 Å². The molecule has 1 amide bonds. The van der Waals surface area contributed by atoms with Crippen LogP contribution >= 0.6 is 0 Å². The molecule has 0 saturated carbocycles. The molecule has 1 aromatic heterocycles. The van der Waals surface area contributed by atoms with Crippen molar-refractivity contribution < 1.29 is 64.9 Å². The summed E-state index contributed by atoms with van der Waals surface area (Å²) in [5, 5.41) is 32.0. The number of halogens is 6. The molecule has 2 aromatic carbocycles. The summed E-state index contributed by atoms with van der Waals surface area (Å²) >= 11 is 0. The van der Waals surface area contributed by atoms with Gasteiger partial charge >= 0.3 is 24.3 Å². The van der Waals surface area contributed by atoms with E-state index in [9.17, 15) is 35.9 Å². The molecule has 0 saturated heterocycles. The maximum absolute atomic E-state index is 12.4. The van der Waals surface area contributed by atoms with Gasteiger partial charge in [-0.25, -0.2) is 9.59 Å². The number of hydrogen-bond acceptors (Lipinski definition) is 8. The lowest BCUT2D eigenvalue weighted by molar-refractivity contribution is -0.193. The van der Waals surface area contributed by atoms with E-state index in [0.29, 0.717) is 28.0 Å². The first-order chi connectivity index (χ1) is 21.2. The van der Waals surface area contributed by atoms with E-state index in [4.69, 9.17) is 51.2 Å². The summed E-state index contributed by atoms with van der Waals surface area (Å²) in [5.74, 6) is -5.57. The lowest BCUT2D eigenvalue weighted by Gasteiger charge is -2.13. The number of alkyl halides is 6. The van der Waals surface area contributed by atoms with E-state index in [1.807, 2.05) is 0 Å². The van der Waals surface area contributed by atoms with E-state index in [1.165, 1.54) is 6.26 Å². The maximum atomic E-state index is 12.4. The zero-order chi connectivity index (χ0) is 35.2. The van der Waals surface area contributed by atoms with E-state index in [1.54, 1.807) is 54.6 Å². The smallest absolute Gasteiger partial charge is 0.490 e. The van der Waals surface area contributed by atoms with Crippen LogP contribution < -0.4 is 21.5 Å². The van der Waals surface area contributed by atoms with Crippen LogP contribution in [-0.2, 0) is 16.0 Å². The van der Waals surface area contributed by atoms with Crippen LogP contribution in [0.15, 0.2) is 65.3 Å². The molecule has 0 bridgehead atoms. The van der Waals surface area contributed by atoms with Gasteiger partial charge in [-0.15, -0.1) is 0 Å². The summed E-state index contributed by atoms with van der Waals surface area (Å²) in [4.78, 5) is 42.5. The summed E-state index contributed by atoms with van der Waals surface area (Å²) in [6, 6.07) is 14.5. The molecule has 0 aliphatic carbocycles. The van der Waals surface area contributed by atoms with Crippen LogP contribution in [0.25, 0.3) is 0 Å². The number of hydrogen-bond donors (Lipinski definition) is 7. The third kappa shape index (κ3) is 13.2. The van der Waals surface area contributed by atoms with Gasteiger partial charge in [0.05, 0.1) is 12.8 Å². The van der Waals surface area contributed by atoms with Crippen LogP contribution in [0.2, 0.25) is 0 Å². The Kier molecular flexibility index (Phi) is 14.0. The minimum atomic E-state index is -5.08. The number of ether oxygens (including phenoxy) is 1. The average Bonchev–Trinajstić information content (AvgIpc) is 3.51. The van der Waals surface area contributed by atoms with E-state index in [-0.39, 0.29) is 48.7 Å². The molecule has 46 heavy (non-hydrogen) atoms. The Morgan fingerprint density at radius 2 is 1.28 bits per heavy atom. The Balaban J connectivity index is 0.000000629. The van der Waals surface area contributed by atoms with Gasteiger partial charge in [-0.3, -0.25) is 20.4 Å². The van der Waals surface area contributed by atoms with E-state index < -0.39 is 24.3 Å².